The highest BCUT2D eigenvalue weighted by Gasteiger charge is 2.31. The Kier molecular flexibility index (Phi) is 5.76. The van der Waals surface area contributed by atoms with Crippen LogP contribution in [0.1, 0.15) is 51.9 Å². The van der Waals surface area contributed by atoms with E-state index < -0.39 is 0 Å². The third-order valence-corrected chi connectivity index (χ3v) is 6.88. The van der Waals surface area contributed by atoms with Gasteiger partial charge in [0.05, 0.1) is 24.5 Å². The Bertz CT molecular complexity index is 712. The lowest BCUT2D eigenvalue weighted by Gasteiger charge is -2.09. The van der Waals surface area contributed by atoms with Crippen molar-refractivity contribution in [3.63, 3.8) is 0 Å². The molecule has 4 heteroatoms. The number of unbranched alkanes of at least 4 members (excludes halogenated alkanes) is 5. The van der Waals surface area contributed by atoms with E-state index in [4.69, 9.17) is 9.47 Å². The lowest BCUT2D eigenvalue weighted by molar-refractivity contribution is 0.295. The van der Waals surface area contributed by atoms with Gasteiger partial charge in [-0.3, -0.25) is 0 Å². The molecule has 0 aromatic carbocycles. The first-order valence-corrected chi connectivity index (χ1v) is 10.5. The van der Waals surface area contributed by atoms with Gasteiger partial charge in [0.25, 0.3) is 0 Å². The fourth-order valence-electron chi connectivity index (χ4n) is 3.46. The topological polar surface area (TPSA) is 18.5 Å². The average Bonchev–Trinajstić information content (AvgIpc) is 3.23. The van der Waals surface area contributed by atoms with Crippen LogP contribution in [0.25, 0.3) is 10.5 Å². The number of hydrogen-bond donors (Lipinski definition) is 0. The van der Waals surface area contributed by atoms with E-state index in [0.29, 0.717) is 0 Å². The van der Waals surface area contributed by atoms with Crippen molar-refractivity contribution in [2.45, 2.75) is 51.9 Å². The second-order valence-corrected chi connectivity index (χ2v) is 7.99. The molecule has 23 heavy (non-hydrogen) atoms. The van der Waals surface area contributed by atoms with E-state index in [0.717, 1.165) is 23.7 Å². The number of fused-ring (bicyclic) bond motifs is 2. The highest BCUT2D eigenvalue weighted by atomic mass is 32.2. The van der Waals surface area contributed by atoms with Gasteiger partial charge < -0.3 is 9.47 Å². The summed E-state index contributed by atoms with van der Waals surface area (Å²) in [6, 6.07) is 0. The molecule has 1 aliphatic heterocycles. The molecule has 0 fully saturated rings. The smallest absolute Gasteiger partial charge is 0.137 e. The molecule has 2 nitrogen and oxygen atoms in total. The standard InChI is InChI=1S/C19H26O2S2/c1-4-5-6-7-8-9-10-13-16-14(20-2)11-22-18(16)19-17(13)15(21-3)12-23-19/h11H,4-10,12H2,1-3H3. The predicted molar refractivity (Wildman–Crippen MR) is 101 cm³/mol. The van der Waals surface area contributed by atoms with Crippen molar-refractivity contribution in [1.29, 1.82) is 0 Å². The number of thiophene rings is 1. The predicted octanol–water partition coefficient (Wildman–Crippen LogP) is 4.43. The molecule has 0 atom stereocenters. The third kappa shape index (κ3) is 3.20. The quantitative estimate of drug-likeness (QED) is 0.614. The summed E-state index contributed by atoms with van der Waals surface area (Å²) in [4.78, 5) is 1.42. The van der Waals surface area contributed by atoms with Gasteiger partial charge in [-0.15, -0.1) is 23.1 Å². The Labute approximate surface area is 147 Å². The first-order chi connectivity index (χ1) is 11.3. The number of thioether (sulfide) groups is 1. The third-order valence-electron chi connectivity index (χ3n) is 4.67. The van der Waals surface area contributed by atoms with E-state index in [1.807, 2.05) is 23.1 Å². The molecular weight excluding hydrogens is 324 g/mol. The Morgan fingerprint density at radius 1 is 1.04 bits per heavy atom. The highest BCUT2D eigenvalue weighted by molar-refractivity contribution is 8.08. The maximum Gasteiger partial charge on any atom is 0.137 e. The Morgan fingerprint density at radius 3 is 2.57 bits per heavy atom. The summed E-state index contributed by atoms with van der Waals surface area (Å²) < 4.78 is 12.7. The van der Waals surface area contributed by atoms with Crippen LogP contribution in [-0.4, -0.2) is 20.0 Å². The molecule has 3 rings (SSSR count). The van der Waals surface area contributed by atoms with Crippen molar-refractivity contribution in [3.05, 3.63) is 26.5 Å². The molecule has 1 aromatic rings. The lowest BCUT2D eigenvalue weighted by atomic mass is 9.99. The molecule has 0 unspecified atom stereocenters. The van der Waals surface area contributed by atoms with Crippen LogP contribution < -0.4 is 14.5 Å². The zero-order valence-electron chi connectivity index (χ0n) is 14.4. The minimum absolute atomic E-state index is 0.973. The van der Waals surface area contributed by atoms with Crippen molar-refractivity contribution in [2.24, 2.45) is 0 Å². The summed E-state index contributed by atoms with van der Waals surface area (Å²) in [6.07, 6.45) is 9.13. The van der Waals surface area contributed by atoms with Crippen molar-refractivity contribution < 1.29 is 9.47 Å². The number of hydrogen-bond acceptors (Lipinski definition) is 4. The van der Waals surface area contributed by atoms with E-state index in [1.165, 1.54) is 64.3 Å². The van der Waals surface area contributed by atoms with Crippen LogP contribution in [0.15, 0.2) is 16.7 Å². The van der Waals surface area contributed by atoms with Gasteiger partial charge >= 0.3 is 0 Å². The molecule has 0 spiro atoms. The van der Waals surface area contributed by atoms with Crippen LogP contribution in [0, 0.1) is 0 Å². The molecule has 126 valence electrons. The van der Waals surface area contributed by atoms with Crippen molar-refractivity contribution in [1.82, 2.24) is 0 Å². The molecule has 0 bridgehead atoms. The Hall–Kier alpha value is -0.870. The van der Waals surface area contributed by atoms with Gasteiger partial charge in [0, 0.05) is 21.1 Å². The first-order valence-electron chi connectivity index (χ1n) is 8.61. The molecular formula is C19H26O2S2. The number of methoxy groups -OCH3 is 2. The van der Waals surface area contributed by atoms with Gasteiger partial charge in [-0.25, -0.2) is 0 Å². The monoisotopic (exact) mass is 350 g/mol. The summed E-state index contributed by atoms with van der Waals surface area (Å²) in [5.74, 6) is 3.16. The van der Waals surface area contributed by atoms with Crippen molar-refractivity contribution in [2.75, 3.05) is 20.0 Å². The maximum absolute atomic E-state index is 5.67. The SMILES string of the molecule is CCCCCCCCC1=c2c(OC)csc2=C2SCC(OC)=C21. The van der Waals surface area contributed by atoms with E-state index >= 15 is 0 Å². The normalized spacial score (nSPS) is 16.1. The summed E-state index contributed by atoms with van der Waals surface area (Å²) in [5, 5.41) is 3.50. The second-order valence-electron chi connectivity index (χ2n) is 6.12. The fraction of sp³-hybridized carbons (Fsp3) is 0.579. The van der Waals surface area contributed by atoms with Gasteiger partial charge in [-0.1, -0.05) is 39.0 Å². The minimum atomic E-state index is 0.973. The van der Waals surface area contributed by atoms with E-state index in [-0.39, 0.29) is 0 Å². The fourth-order valence-corrected chi connectivity index (χ4v) is 5.92. The summed E-state index contributed by atoms with van der Waals surface area (Å²) in [5.41, 5.74) is 2.84. The van der Waals surface area contributed by atoms with Crippen LogP contribution in [0.5, 0.6) is 5.75 Å². The molecule has 1 aliphatic carbocycles. The number of ether oxygens (including phenoxy) is 2. The van der Waals surface area contributed by atoms with Crippen LogP contribution in [0.3, 0.4) is 0 Å². The molecule has 0 saturated heterocycles. The van der Waals surface area contributed by atoms with Crippen molar-refractivity contribution >= 4 is 33.6 Å². The van der Waals surface area contributed by atoms with Crippen LogP contribution in [-0.2, 0) is 4.74 Å². The van der Waals surface area contributed by atoms with E-state index in [1.54, 1.807) is 14.2 Å². The molecule has 0 radical (unpaired) electrons. The van der Waals surface area contributed by atoms with Crippen LogP contribution in [0.4, 0.5) is 0 Å². The summed E-state index contributed by atoms with van der Waals surface area (Å²) >= 11 is 3.73. The Balaban J connectivity index is 1.84. The largest absolute Gasteiger partial charge is 0.500 e. The van der Waals surface area contributed by atoms with Gasteiger partial charge in [-0.2, -0.15) is 0 Å². The zero-order valence-corrected chi connectivity index (χ0v) is 16.0. The second kappa shape index (κ2) is 7.80. The first kappa shape index (κ1) is 17.0. The highest BCUT2D eigenvalue weighted by Crippen LogP contribution is 2.45. The van der Waals surface area contributed by atoms with Crippen LogP contribution >= 0.6 is 23.1 Å². The maximum atomic E-state index is 5.67. The van der Waals surface area contributed by atoms with E-state index in [2.05, 4.69) is 12.3 Å². The summed E-state index contributed by atoms with van der Waals surface area (Å²) in [6.45, 7) is 2.27. The van der Waals surface area contributed by atoms with Crippen molar-refractivity contribution in [3.8, 4) is 5.75 Å². The molecule has 1 aromatic heterocycles. The lowest BCUT2D eigenvalue weighted by Crippen LogP contribution is -2.19. The van der Waals surface area contributed by atoms with Gasteiger partial charge in [-0.05, 0) is 18.4 Å². The molecule has 0 N–H and O–H groups in total. The molecule has 2 heterocycles. The molecule has 0 saturated carbocycles. The van der Waals surface area contributed by atoms with Gasteiger partial charge in [0.15, 0.2) is 0 Å². The van der Waals surface area contributed by atoms with E-state index in [9.17, 15) is 0 Å². The minimum Gasteiger partial charge on any atom is -0.500 e. The average molecular weight is 351 g/mol. The molecule has 0 amide bonds. The Morgan fingerprint density at radius 2 is 1.83 bits per heavy atom. The molecule has 2 aliphatic rings. The van der Waals surface area contributed by atoms with Crippen LogP contribution in [0.2, 0.25) is 0 Å². The van der Waals surface area contributed by atoms with Gasteiger partial charge in [0.2, 0.25) is 0 Å². The number of rotatable bonds is 9. The van der Waals surface area contributed by atoms with Gasteiger partial charge in [0.1, 0.15) is 11.5 Å². The summed E-state index contributed by atoms with van der Waals surface area (Å²) in [7, 11) is 3.58. The zero-order chi connectivity index (χ0) is 16.2.